The molecule has 1 fully saturated rings. The molecule has 0 bridgehead atoms. The number of hydrogen-bond acceptors (Lipinski definition) is 5. The van der Waals surface area contributed by atoms with Crippen LogP contribution in [0.5, 0.6) is 0 Å². The van der Waals surface area contributed by atoms with E-state index in [2.05, 4.69) is 5.16 Å². The second-order valence-corrected chi connectivity index (χ2v) is 7.17. The van der Waals surface area contributed by atoms with Gasteiger partial charge in [-0.05, 0) is 38.0 Å². The zero-order valence-electron chi connectivity index (χ0n) is 12.1. The van der Waals surface area contributed by atoms with Crippen molar-refractivity contribution in [2.24, 2.45) is 0 Å². The van der Waals surface area contributed by atoms with Gasteiger partial charge in [-0.2, -0.15) is 9.57 Å². The van der Waals surface area contributed by atoms with Gasteiger partial charge in [-0.25, -0.2) is 8.42 Å². The van der Waals surface area contributed by atoms with E-state index in [4.69, 9.17) is 9.78 Å². The molecule has 1 saturated heterocycles. The van der Waals surface area contributed by atoms with Crippen molar-refractivity contribution in [3.8, 4) is 6.07 Å². The summed E-state index contributed by atoms with van der Waals surface area (Å²) in [6, 6.07) is 9.50. The molecule has 0 unspecified atom stereocenters. The lowest BCUT2D eigenvalue weighted by molar-refractivity contribution is 0.349. The molecule has 1 aromatic heterocycles. The molecule has 0 saturated carbocycles. The molecule has 1 aliphatic rings. The van der Waals surface area contributed by atoms with Gasteiger partial charge in [0.2, 0.25) is 10.0 Å². The highest BCUT2D eigenvalue weighted by Crippen LogP contribution is 2.36. The Bertz CT molecular complexity index is 836. The van der Waals surface area contributed by atoms with Gasteiger partial charge in [-0.3, -0.25) is 0 Å². The first-order valence-corrected chi connectivity index (χ1v) is 8.41. The van der Waals surface area contributed by atoms with E-state index in [1.807, 2.05) is 6.07 Å². The van der Waals surface area contributed by atoms with Crippen molar-refractivity contribution < 1.29 is 12.9 Å². The Hall–Kier alpha value is -2.17. The minimum Gasteiger partial charge on any atom is -0.361 e. The molecular weight excluding hydrogens is 302 g/mol. The van der Waals surface area contributed by atoms with Crippen molar-refractivity contribution in [1.29, 1.82) is 5.26 Å². The largest absolute Gasteiger partial charge is 0.361 e. The number of aryl methyl sites for hydroxylation is 1. The van der Waals surface area contributed by atoms with Gasteiger partial charge in [0.15, 0.2) is 0 Å². The summed E-state index contributed by atoms with van der Waals surface area (Å²) in [5.74, 6) is 0.658. The minimum atomic E-state index is -3.66. The summed E-state index contributed by atoms with van der Waals surface area (Å²) >= 11 is 0. The van der Waals surface area contributed by atoms with Gasteiger partial charge in [0.1, 0.15) is 11.5 Å². The molecule has 2 aromatic rings. The number of benzene rings is 1. The third-order valence-corrected chi connectivity index (χ3v) is 5.67. The minimum absolute atomic E-state index is 0.138. The lowest BCUT2D eigenvalue weighted by atomic mass is 10.1. The third-order valence-electron chi connectivity index (χ3n) is 3.76. The normalized spacial score (nSPS) is 19.2. The van der Waals surface area contributed by atoms with Crippen LogP contribution in [0.25, 0.3) is 0 Å². The van der Waals surface area contributed by atoms with Crippen LogP contribution in [0.3, 0.4) is 0 Å². The van der Waals surface area contributed by atoms with Crippen LogP contribution in [0.15, 0.2) is 39.8 Å². The van der Waals surface area contributed by atoms with E-state index >= 15 is 0 Å². The number of nitriles is 1. The van der Waals surface area contributed by atoms with E-state index in [1.165, 1.54) is 16.4 Å². The van der Waals surface area contributed by atoms with Crippen molar-refractivity contribution in [2.75, 3.05) is 6.54 Å². The van der Waals surface area contributed by atoms with Crippen LogP contribution in [0.1, 0.15) is 35.9 Å². The van der Waals surface area contributed by atoms with Crippen LogP contribution in [0, 0.1) is 18.3 Å². The number of nitrogens with zero attached hydrogens (tertiary/aromatic N) is 3. The first kappa shape index (κ1) is 14.8. The van der Waals surface area contributed by atoms with Gasteiger partial charge in [0.05, 0.1) is 22.6 Å². The average molecular weight is 317 g/mol. The molecular formula is C15H15N3O3S. The maximum absolute atomic E-state index is 12.9. The number of aromatic nitrogens is 1. The SMILES string of the molecule is Cc1cc([C@H]2CCCN2S(=O)(=O)c2cccc(C#N)c2)no1. The van der Waals surface area contributed by atoms with E-state index in [0.29, 0.717) is 30.0 Å². The number of sulfonamides is 1. The number of rotatable bonds is 3. The van der Waals surface area contributed by atoms with Crippen molar-refractivity contribution in [2.45, 2.75) is 30.7 Å². The Labute approximate surface area is 129 Å². The van der Waals surface area contributed by atoms with Gasteiger partial charge in [-0.1, -0.05) is 11.2 Å². The molecule has 22 heavy (non-hydrogen) atoms. The summed E-state index contributed by atoms with van der Waals surface area (Å²) in [4.78, 5) is 0.138. The molecule has 2 heterocycles. The summed E-state index contributed by atoms with van der Waals surface area (Å²) < 4.78 is 32.2. The summed E-state index contributed by atoms with van der Waals surface area (Å²) in [7, 11) is -3.66. The molecule has 3 rings (SSSR count). The quantitative estimate of drug-likeness (QED) is 0.867. The van der Waals surface area contributed by atoms with Crippen molar-refractivity contribution in [3.63, 3.8) is 0 Å². The molecule has 6 nitrogen and oxygen atoms in total. The van der Waals surface area contributed by atoms with Crippen molar-refractivity contribution in [3.05, 3.63) is 47.3 Å². The standard InChI is InChI=1S/C15H15N3O3S/c1-11-8-14(17-21-11)15-6-3-7-18(15)22(19,20)13-5-2-4-12(9-13)10-16/h2,4-5,8-9,15H,3,6-7H2,1H3/t15-/m1/s1. The highest BCUT2D eigenvalue weighted by atomic mass is 32.2. The van der Waals surface area contributed by atoms with E-state index in [-0.39, 0.29) is 10.9 Å². The lowest BCUT2D eigenvalue weighted by Gasteiger charge is -2.22. The topological polar surface area (TPSA) is 87.2 Å². The lowest BCUT2D eigenvalue weighted by Crippen LogP contribution is -2.30. The maximum Gasteiger partial charge on any atom is 0.243 e. The molecule has 1 atom stereocenters. The molecule has 0 aliphatic carbocycles. The highest BCUT2D eigenvalue weighted by molar-refractivity contribution is 7.89. The van der Waals surface area contributed by atoms with Crippen LogP contribution < -0.4 is 0 Å². The van der Waals surface area contributed by atoms with E-state index in [0.717, 1.165) is 6.42 Å². The van der Waals surface area contributed by atoms with E-state index in [1.54, 1.807) is 25.1 Å². The predicted octanol–water partition coefficient (Wildman–Crippen LogP) is 2.38. The summed E-state index contributed by atoms with van der Waals surface area (Å²) in [6.45, 7) is 2.22. The fourth-order valence-electron chi connectivity index (χ4n) is 2.73. The Morgan fingerprint density at radius 1 is 1.41 bits per heavy atom. The van der Waals surface area contributed by atoms with Crippen LogP contribution in [0.2, 0.25) is 0 Å². The van der Waals surface area contributed by atoms with Crippen LogP contribution in [0.4, 0.5) is 0 Å². The van der Waals surface area contributed by atoms with Crippen molar-refractivity contribution >= 4 is 10.0 Å². The van der Waals surface area contributed by atoms with Gasteiger partial charge in [0, 0.05) is 12.6 Å². The van der Waals surface area contributed by atoms with Crippen molar-refractivity contribution in [1.82, 2.24) is 9.46 Å². The van der Waals surface area contributed by atoms with Gasteiger partial charge in [-0.15, -0.1) is 0 Å². The average Bonchev–Trinajstić information content (AvgIpc) is 3.16. The second kappa shape index (κ2) is 5.55. The smallest absolute Gasteiger partial charge is 0.243 e. The second-order valence-electron chi connectivity index (χ2n) is 5.28. The maximum atomic E-state index is 12.9. The molecule has 114 valence electrons. The predicted molar refractivity (Wildman–Crippen MR) is 78.3 cm³/mol. The van der Waals surface area contributed by atoms with Crippen LogP contribution in [-0.4, -0.2) is 24.4 Å². The number of hydrogen-bond donors (Lipinski definition) is 0. The molecule has 7 heteroatoms. The molecule has 0 radical (unpaired) electrons. The van der Waals surface area contributed by atoms with Gasteiger partial charge < -0.3 is 4.52 Å². The Kier molecular flexibility index (Phi) is 3.72. The fraction of sp³-hybridized carbons (Fsp3) is 0.333. The molecule has 0 amide bonds. The van der Waals surface area contributed by atoms with Crippen LogP contribution in [-0.2, 0) is 10.0 Å². The Balaban J connectivity index is 1.99. The molecule has 0 spiro atoms. The fourth-order valence-corrected chi connectivity index (χ4v) is 4.44. The Morgan fingerprint density at radius 3 is 2.91 bits per heavy atom. The van der Waals surface area contributed by atoms with Gasteiger partial charge in [0.25, 0.3) is 0 Å². The first-order chi connectivity index (χ1) is 10.5. The molecule has 0 N–H and O–H groups in total. The third kappa shape index (κ3) is 2.51. The van der Waals surface area contributed by atoms with Gasteiger partial charge >= 0.3 is 0 Å². The van der Waals surface area contributed by atoms with Crippen LogP contribution >= 0.6 is 0 Å². The summed E-state index contributed by atoms with van der Waals surface area (Å²) in [5.41, 5.74) is 0.962. The molecule has 1 aliphatic heterocycles. The summed E-state index contributed by atoms with van der Waals surface area (Å²) in [5, 5.41) is 12.9. The zero-order chi connectivity index (χ0) is 15.7. The monoisotopic (exact) mass is 317 g/mol. The molecule has 1 aromatic carbocycles. The summed E-state index contributed by atoms with van der Waals surface area (Å²) in [6.07, 6.45) is 1.48. The van der Waals surface area contributed by atoms with E-state index in [9.17, 15) is 8.42 Å². The Morgan fingerprint density at radius 2 is 2.23 bits per heavy atom. The first-order valence-electron chi connectivity index (χ1n) is 6.97. The zero-order valence-corrected chi connectivity index (χ0v) is 12.9. The highest BCUT2D eigenvalue weighted by Gasteiger charge is 2.37. The van der Waals surface area contributed by atoms with E-state index < -0.39 is 10.0 Å².